The summed E-state index contributed by atoms with van der Waals surface area (Å²) in [6.07, 6.45) is 2.72. The molecular formula is C18H17N3O4. The van der Waals surface area contributed by atoms with Crippen LogP contribution in [-0.2, 0) is 6.54 Å². The Kier molecular flexibility index (Phi) is 4.38. The second-order valence-corrected chi connectivity index (χ2v) is 5.64. The first-order valence-corrected chi connectivity index (χ1v) is 7.66. The van der Waals surface area contributed by atoms with Crippen LogP contribution in [0, 0.1) is 13.8 Å². The Bertz CT molecular complexity index is 1040. The maximum Gasteiger partial charge on any atom is 0.331 e. The third kappa shape index (κ3) is 3.30. The Labute approximate surface area is 142 Å². The maximum absolute atomic E-state index is 12.0. The van der Waals surface area contributed by atoms with E-state index in [9.17, 15) is 14.7 Å². The third-order valence-electron chi connectivity index (χ3n) is 4.01. The summed E-state index contributed by atoms with van der Waals surface area (Å²) in [6.45, 7) is 3.88. The van der Waals surface area contributed by atoms with Crippen LogP contribution in [0.4, 0.5) is 5.69 Å². The van der Waals surface area contributed by atoms with Crippen LogP contribution in [-0.4, -0.2) is 20.9 Å². The van der Waals surface area contributed by atoms with E-state index in [4.69, 9.17) is 4.42 Å². The average molecular weight is 339 g/mol. The predicted molar refractivity (Wildman–Crippen MR) is 94.0 cm³/mol. The van der Waals surface area contributed by atoms with Gasteiger partial charge in [0.2, 0.25) is 5.88 Å². The molecule has 0 saturated carbocycles. The summed E-state index contributed by atoms with van der Waals surface area (Å²) < 4.78 is 6.20. The van der Waals surface area contributed by atoms with Gasteiger partial charge in [0.05, 0.1) is 18.5 Å². The van der Waals surface area contributed by atoms with Gasteiger partial charge in [-0.3, -0.25) is 19.3 Å². The summed E-state index contributed by atoms with van der Waals surface area (Å²) in [5, 5.41) is 10.4. The highest BCUT2D eigenvalue weighted by atomic mass is 16.3. The lowest BCUT2D eigenvalue weighted by Gasteiger charge is -2.08. The molecule has 7 nitrogen and oxygen atoms in total. The normalized spacial score (nSPS) is 11.3. The van der Waals surface area contributed by atoms with Gasteiger partial charge in [-0.2, -0.15) is 0 Å². The SMILES string of the molecule is Cc1cccc(N=Cc2c(O)n(Cc3ccco3)c(=O)[nH]c2=O)c1C. The number of H-pyrrole nitrogens is 1. The van der Waals surface area contributed by atoms with Crippen LogP contribution in [0.5, 0.6) is 5.88 Å². The van der Waals surface area contributed by atoms with Crippen molar-refractivity contribution in [1.82, 2.24) is 9.55 Å². The van der Waals surface area contributed by atoms with Gasteiger partial charge in [-0.15, -0.1) is 0 Å². The van der Waals surface area contributed by atoms with E-state index >= 15 is 0 Å². The molecule has 3 rings (SSSR count). The number of aromatic nitrogens is 2. The minimum absolute atomic E-state index is 0.00123. The molecular weight excluding hydrogens is 322 g/mol. The molecule has 0 amide bonds. The smallest absolute Gasteiger partial charge is 0.331 e. The van der Waals surface area contributed by atoms with Gasteiger partial charge in [-0.1, -0.05) is 12.1 Å². The highest BCUT2D eigenvalue weighted by molar-refractivity contribution is 5.84. The molecule has 0 fully saturated rings. The van der Waals surface area contributed by atoms with Crippen molar-refractivity contribution in [3.63, 3.8) is 0 Å². The van der Waals surface area contributed by atoms with Crippen LogP contribution < -0.4 is 11.2 Å². The number of aromatic hydroxyl groups is 1. The maximum atomic E-state index is 12.0. The first kappa shape index (κ1) is 16.5. The molecule has 2 heterocycles. The molecule has 0 aliphatic rings. The molecule has 3 aromatic rings. The summed E-state index contributed by atoms with van der Waals surface area (Å²) in [6, 6.07) is 8.97. The van der Waals surface area contributed by atoms with E-state index in [1.165, 1.54) is 12.5 Å². The largest absolute Gasteiger partial charge is 0.494 e. The van der Waals surface area contributed by atoms with Crippen molar-refractivity contribution >= 4 is 11.9 Å². The van der Waals surface area contributed by atoms with Crippen molar-refractivity contribution in [2.24, 2.45) is 4.99 Å². The Hall–Kier alpha value is -3.35. The first-order valence-electron chi connectivity index (χ1n) is 7.66. The minimum Gasteiger partial charge on any atom is -0.494 e. The van der Waals surface area contributed by atoms with Crippen molar-refractivity contribution in [3.05, 3.63) is 79.9 Å². The van der Waals surface area contributed by atoms with Gasteiger partial charge in [0, 0.05) is 6.21 Å². The Morgan fingerprint density at radius 2 is 2.04 bits per heavy atom. The second-order valence-electron chi connectivity index (χ2n) is 5.64. The van der Waals surface area contributed by atoms with Crippen LogP contribution in [0.2, 0.25) is 0 Å². The quantitative estimate of drug-likeness (QED) is 0.712. The molecule has 25 heavy (non-hydrogen) atoms. The van der Waals surface area contributed by atoms with E-state index in [1.54, 1.807) is 12.1 Å². The molecule has 128 valence electrons. The molecule has 0 bridgehead atoms. The van der Waals surface area contributed by atoms with Crippen LogP contribution in [0.1, 0.15) is 22.5 Å². The average Bonchev–Trinajstić information content (AvgIpc) is 3.08. The molecule has 0 saturated heterocycles. The summed E-state index contributed by atoms with van der Waals surface area (Å²) >= 11 is 0. The van der Waals surface area contributed by atoms with Gasteiger partial charge in [0.1, 0.15) is 11.3 Å². The highest BCUT2D eigenvalue weighted by Gasteiger charge is 2.14. The van der Waals surface area contributed by atoms with Crippen molar-refractivity contribution in [3.8, 4) is 5.88 Å². The number of aromatic amines is 1. The van der Waals surface area contributed by atoms with Crippen molar-refractivity contribution in [2.45, 2.75) is 20.4 Å². The van der Waals surface area contributed by atoms with Gasteiger partial charge >= 0.3 is 5.69 Å². The van der Waals surface area contributed by atoms with Crippen LogP contribution in [0.15, 0.2) is 55.6 Å². The Morgan fingerprint density at radius 1 is 1.24 bits per heavy atom. The number of aryl methyl sites for hydroxylation is 1. The number of hydrogen-bond acceptors (Lipinski definition) is 5. The lowest BCUT2D eigenvalue weighted by Crippen LogP contribution is -2.32. The zero-order valence-electron chi connectivity index (χ0n) is 13.8. The van der Waals surface area contributed by atoms with Gasteiger partial charge in [0.15, 0.2) is 0 Å². The summed E-state index contributed by atoms with van der Waals surface area (Å²) in [5.74, 6) is 0.0149. The molecule has 0 unspecified atom stereocenters. The van der Waals surface area contributed by atoms with E-state index in [2.05, 4.69) is 9.98 Å². The molecule has 0 spiro atoms. The van der Waals surface area contributed by atoms with Gasteiger partial charge in [-0.05, 0) is 43.2 Å². The number of nitrogens with zero attached hydrogens (tertiary/aromatic N) is 2. The lowest BCUT2D eigenvalue weighted by molar-refractivity contribution is 0.392. The topological polar surface area (TPSA) is 101 Å². The molecule has 2 aromatic heterocycles. The van der Waals surface area contributed by atoms with E-state index in [0.717, 1.165) is 15.7 Å². The molecule has 0 aliphatic heterocycles. The fraction of sp³-hybridized carbons (Fsp3) is 0.167. The predicted octanol–water partition coefficient (Wildman–Crippen LogP) is 2.25. The molecule has 2 N–H and O–H groups in total. The number of benzene rings is 1. The number of rotatable bonds is 4. The lowest BCUT2D eigenvalue weighted by atomic mass is 10.1. The standard InChI is InChI=1S/C18H17N3O4/c1-11-5-3-7-15(12(11)2)19-9-14-16(22)20-18(24)21(17(14)23)10-13-6-4-8-25-13/h3-9,23H,10H2,1-2H3,(H,20,22,24). The summed E-state index contributed by atoms with van der Waals surface area (Å²) in [7, 11) is 0. The monoisotopic (exact) mass is 339 g/mol. The van der Waals surface area contributed by atoms with Crippen molar-refractivity contribution in [2.75, 3.05) is 0 Å². The second kappa shape index (κ2) is 6.64. The molecule has 0 aliphatic carbocycles. The van der Waals surface area contributed by atoms with Crippen molar-refractivity contribution in [1.29, 1.82) is 0 Å². The molecule has 0 radical (unpaired) electrons. The molecule has 1 aromatic carbocycles. The van der Waals surface area contributed by atoms with Crippen LogP contribution in [0.3, 0.4) is 0 Å². The minimum atomic E-state index is -0.720. The van der Waals surface area contributed by atoms with E-state index < -0.39 is 17.1 Å². The number of furan rings is 1. The van der Waals surface area contributed by atoms with E-state index in [-0.39, 0.29) is 12.1 Å². The van der Waals surface area contributed by atoms with Crippen molar-refractivity contribution < 1.29 is 9.52 Å². The summed E-state index contributed by atoms with van der Waals surface area (Å²) in [5.41, 5.74) is 1.21. The highest BCUT2D eigenvalue weighted by Crippen LogP contribution is 2.21. The Morgan fingerprint density at radius 3 is 2.76 bits per heavy atom. The van der Waals surface area contributed by atoms with Gasteiger partial charge < -0.3 is 9.52 Å². The van der Waals surface area contributed by atoms with Crippen LogP contribution in [0.25, 0.3) is 0 Å². The van der Waals surface area contributed by atoms with E-state index in [1.807, 2.05) is 32.0 Å². The molecule has 7 heteroatoms. The molecule has 0 atom stereocenters. The zero-order chi connectivity index (χ0) is 18.0. The van der Waals surface area contributed by atoms with Crippen LogP contribution >= 0.6 is 0 Å². The number of aliphatic imine (C=N–C) groups is 1. The van der Waals surface area contributed by atoms with Gasteiger partial charge in [-0.25, -0.2) is 4.79 Å². The first-order chi connectivity index (χ1) is 12.0. The van der Waals surface area contributed by atoms with E-state index in [0.29, 0.717) is 11.4 Å². The fourth-order valence-corrected chi connectivity index (χ4v) is 2.41. The zero-order valence-corrected chi connectivity index (χ0v) is 13.8. The summed E-state index contributed by atoms with van der Waals surface area (Å²) in [4.78, 5) is 30.5. The Balaban J connectivity index is 2.04. The third-order valence-corrected chi connectivity index (χ3v) is 4.01. The number of hydrogen-bond donors (Lipinski definition) is 2. The fourth-order valence-electron chi connectivity index (χ4n) is 2.41. The van der Waals surface area contributed by atoms with Gasteiger partial charge in [0.25, 0.3) is 5.56 Å². The number of nitrogens with one attached hydrogen (secondary N) is 1.